The zero-order chi connectivity index (χ0) is 10.8. The Morgan fingerprint density at radius 1 is 1.73 bits per heavy atom. The average molecular weight is 222 g/mol. The summed E-state index contributed by atoms with van der Waals surface area (Å²) in [5, 5.41) is 3.90. The molecule has 1 fully saturated rings. The van der Waals surface area contributed by atoms with Gasteiger partial charge in [0.2, 0.25) is 0 Å². The first-order valence-corrected chi connectivity index (χ1v) is 5.90. The molecule has 1 heterocycles. The minimum absolute atomic E-state index is 0.0307. The summed E-state index contributed by atoms with van der Waals surface area (Å²) in [6, 6.07) is 0. The molecule has 0 radical (unpaired) electrons. The fourth-order valence-corrected chi connectivity index (χ4v) is 2.53. The van der Waals surface area contributed by atoms with Crippen LogP contribution in [0.2, 0.25) is 0 Å². The van der Waals surface area contributed by atoms with Crippen LogP contribution in [-0.4, -0.2) is 17.4 Å². The summed E-state index contributed by atoms with van der Waals surface area (Å²) in [5.41, 5.74) is 0.850. The van der Waals surface area contributed by atoms with E-state index >= 15 is 0 Å². The number of amides is 1. The van der Waals surface area contributed by atoms with Gasteiger partial charge in [-0.3, -0.25) is 4.79 Å². The van der Waals surface area contributed by atoms with Crippen LogP contribution in [0.25, 0.3) is 0 Å². The number of hydrogen-bond acceptors (Lipinski definition) is 3. The number of hydrogen-bond donors (Lipinski definition) is 1. The lowest BCUT2D eigenvalue weighted by Crippen LogP contribution is -2.22. The predicted molar refractivity (Wildman–Crippen MR) is 61.4 cm³/mol. The third-order valence-electron chi connectivity index (χ3n) is 2.35. The first kappa shape index (κ1) is 10.4. The molecule has 3 nitrogen and oxygen atoms in total. The van der Waals surface area contributed by atoms with Crippen LogP contribution in [0.15, 0.2) is 12.7 Å². The largest absolute Gasteiger partial charge is 0.348 e. The number of rotatable bonds is 4. The van der Waals surface area contributed by atoms with Crippen molar-refractivity contribution in [2.24, 2.45) is 0 Å². The van der Waals surface area contributed by atoms with Crippen LogP contribution in [0.1, 0.15) is 39.1 Å². The summed E-state index contributed by atoms with van der Waals surface area (Å²) in [5.74, 6) is 0.589. The van der Waals surface area contributed by atoms with E-state index in [2.05, 4.69) is 16.9 Å². The van der Waals surface area contributed by atoms with E-state index in [1.807, 2.05) is 6.92 Å². The molecule has 1 aliphatic carbocycles. The van der Waals surface area contributed by atoms with Crippen LogP contribution in [0.4, 0.5) is 0 Å². The molecule has 0 unspecified atom stereocenters. The number of nitrogens with one attached hydrogen (secondary N) is 1. The molecular formula is C11H14N2OS. The molecule has 1 aliphatic rings. The first-order valence-electron chi connectivity index (χ1n) is 5.08. The van der Waals surface area contributed by atoms with E-state index in [4.69, 9.17) is 0 Å². The summed E-state index contributed by atoms with van der Waals surface area (Å²) < 4.78 is 0. The highest BCUT2D eigenvalue weighted by Gasteiger charge is 2.28. The fraction of sp³-hybridized carbons (Fsp3) is 0.455. The van der Waals surface area contributed by atoms with Crippen LogP contribution in [0.3, 0.4) is 0 Å². The molecule has 1 N–H and O–H groups in total. The smallest absolute Gasteiger partial charge is 0.263 e. The van der Waals surface area contributed by atoms with Gasteiger partial charge < -0.3 is 5.32 Å². The highest BCUT2D eigenvalue weighted by Crippen LogP contribution is 2.42. The van der Waals surface area contributed by atoms with Gasteiger partial charge in [-0.05, 0) is 19.8 Å². The van der Waals surface area contributed by atoms with Gasteiger partial charge in [0.05, 0.1) is 10.7 Å². The van der Waals surface area contributed by atoms with Gasteiger partial charge in [-0.1, -0.05) is 6.08 Å². The molecule has 1 aromatic heterocycles. The van der Waals surface area contributed by atoms with E-state index in [1.54, 1.807) is 6.08 Å². The zero-order valence-corrected chi connectivity index (χ0v) is 9.56. The van der Waals surface area contributed by atoms with Crippen molar-refractivity contribution < 1.29 is 4.79 Å². The summed E-state index contributed by atoms with van der Waals surface area (Å²) in [7, 11) is 0. The molecule has 4 heteroatoms. The minimum Gasteiger partial charge on any atom is -0.348 e. The molecular weight excluding hydrogens is 208 g/mol. The van der Waals surface area contributed by atoms with Crippen molar-refractivity contribution >= 4 is 17.2 Å². The molecule has 15 heavy (non-hydrogen) atoms. The lowest BCUT2D eigenvalue weighted by molar-refractivity contribution is 0.0961. The molecule has 1 amide bonds. The normalized spacial score (nSPS) is 15.0. The van der Waals surface area contributed by atoms with Crippen LogP contribution in [-0.2, 0) is 0 Å². The average Bonchev–Trinajstić information content (AvgIpc) is 2.99. The van der Waals surface area contributed by atoms with Gasteiger partial charge in [-0.25, -0.2) is 4.98 Å². The number of carbonyl (C=O) groups is 1. The number of carbonyl (C=O) groups excluding carboxylic acids is 1. The molecule has 1 saturated carbocycles. The molecule has 0 aromatic carbocycles. The number of aromatic nitrogens is 1. The van der Waals surface area contributed by atoms with Gasteiger partial charge in [0, 0.05) is 12.5 Å². The van der Waals surface area contributed by atoms with Crippen molar-refractivity contribution in [3.05, 3.63) is 28.2 Å². The maximum Gasteiger partial charge on any atom is 0.263 e. The van der Waals surface area contributed by atoms with E-state index < -0.39 is 0 Å². The Balaban J connectivity index is 2.12. The SMILES string of the molecule is C=CCNC(=O)c1sc(C2CC2)nc1C. The zero-order valence-electron chi connectivity index (χ0n) is 8.75. The molecule has 0 saturated heterocycles. The van der Waals surface area contributed by atoms with Crippen molar-refractivity contribution in [3.63, 3.8) is 0 Å². The Kier molecular flexibility index (Phi) is 2.86. The van der Waals surface area contributed by atoms with Crippen molar-refractivity contribution in [1.82, 2.24) is 10.3 Å². The van der Waals surface area contributed by atoms with Gasteiger partial charge in [0.15, 0.2) is 0 Å². The second-order valence-corrected chi connectivity index (χ2v) is 4.77. The van der Waals surface area contributed by atoms with Crippen LogP contribution in [0.5, 0.6) is 0 Å². The second-order valence-electron chi connectivity index (χ2n) is 3.74. The second kappa shape index (κ2) is 4.14. The van der Waals surface area contributed by atoms with E-state index in [0.717, 1.165) is 15.6 Å². The van der Waals surface area contributed by atoms with Crippen molar-refractivity contribution in [1.29, 1.82) is 0 Å². The van der Waals surface area contributed by atoms with Crippen molar-refractivity contribution in [3.8, 4) is 0 Å². The molecule has 0 atom stereocenters. The Morgan fingerprint density at radius 3 is 3.07 bits per heavy atom. The maximum absolute atomic E-state index is 11.7. The van der Waals surface area contributed by atoms with Gasteiger partial charge in [0.1, 0.15) is 4.88 Å². The van der Waals surface area contributed by atoms with Gasteiger partial charge in [-0.2, -0.15) is 0 Å². The third kappa shape index (κ3) is 2.26. The molecule has 0 spiro atoms. The third-order valence-corrected chi connectivity index (χ3v) is 3.67. The van der Waals surface area contributed by atoms with Crippen LogP contribution >= 0.6 is 11.3 Å². The van der Waals surface area contributed by atoms with Gasteiger partial charge in [-0.15, -0.1) is 17.9 Å². The highest BCUT2D eigenvalue weighted by molar-refractivity contribution is 7.13. The van der Waals surface area contributed by atoms with Crippen LogP contribution < -0.4 is 5.32 Å². The summed E-state index contributed by atoms with van der Waals surface area (Å²) >= 11 is 1.53. The quantitative estimate of drug-likeness (QED) is 0.794. The Bertz CT molecular complexity index is 393. The summed E-state index contributed by atoms with van der Waals surface area (Å²) in [6.07, 6.45) is 4.12. The molecule has 1 aromatic rings. The Morgan fingerprint density at radius 2 is 2.47 bits per heavy atom. The monoisotopic (exact) mass is 222 g/mol. The highest BCUT2D eigenvalue weighted by atomic mass is 32.1. The number of thiazole rings is 1. The lowest BCUT2D eigenvalue weighted by Gasteiger charge is -1.98. The predicted octanol–water partition coefficient (Wildman–Crippen LogP) is 2.24. The van der Waals surface area contributed by atoms with Gasteiger partial charge >= 0.3 is 0 Å². The topological polar surface area (TPSA) is 42.0 Å². The van der Waals surface area contributed by atoms with Gasteiger partial charge in [0.25, 0.3) is 5.91 Å². The maximum atomic E-state index is 11.7. The van der Waals surface area contributed by atoms with Crippen LogP contribution in [0, 0.1) is 6.92 Å². The minimum atomic E-state index is -0.0307. The Labute approximate surface area is 93.2 Å². The summed E-state index contributed by atoms with van der Waals surface area (Å²) in [6.45, 7) is 5.97. The van der Waals surface area contributed by atoms with E-state index in [0.29, 0.717) is 12.5 Å². The fourth-order valence-electron chi connectivity index (χ4n) is 1.38. The lowest BCUT2D eigenvalue weighted by atomic mass is 10.3. The number of aryl methyl sites for hydroxylation is 1. The first-order chi connectivity index (χ1) is 7.22. The van der Waals surface area contributed by atoms with E-state index in [9.17, 15) is 4.79 Å². The molecule has 0 bridgehead atoms. The van der Waals surface area contributed by atoms with Crippen molar-refractivity contribution in [2.45, 2.75) is 25.7 Å². The molecule has 80 valence electrons. The molecule has 2 rings (SSSR count). The van der Waals surface area contributed by atoms with E-state index in [1.165, 1.54) is 24.2 Å². The standard InChI is InChI=1S/C11H14N2OS/c1-3-6-12-10(14)9-7(2)13-11(15-9)8-4-5-8/h3,8H,1,4-6H2,2H3,(H,12,14). The summed E-state index contributed by atoms with van der Waals surface area (Å²) in [4.78, 5) is 16.9. The van der Waals surface area contributed by atoms with Crippen molar-refractivity contribution in [2.75, 3.05) is 6.54 Å². The van der Waals surface area contributed by atoms with E-state index in [-0.39, 0.29) is 5.91 Å². The molecule has 0 aliphatic heterocycles. The number of nitrogens with zero attached hydrogens (tertiary/aromatic N) is 1. The Hall–Kier alpha value is -1.16.